The minimum atomic E-state index is -0.332. The molecule has 0 radical (unpaired) electrons. The number of carbonyl (C=O) groups excluding carboxylic acids is 1. The molecule has 2 aliphatic heterocycles. The third-order valence-corrected chi connectivity index (χ3v) is 5.73. The molecule has 144 valence electrons. The highest BCUT2D eigenvalue weighted by molar-refractivity contribution is 5.70. The van der Waals surface area contributed by atoms with Crippen LogP contribution in [0.3, 0.4) is 0 Å². The fourth-order valence-electron chi connectivity index (χ4n) is 4.14. The molecule has 2 aliphatic rings. The molecule has 0 unspecified atom stereocenters. The van der Waals surface area contributed by atoms with Gasteiger partial charge in [-0.25, -0.2) is 4.79 Å². The van der Waals surface area contributed by atoms with E-state index in [1.54, 1.807) is 0 Å². The van der Waals surface area contributed by atoms with Gasteiger partial charge in [-0.05, 0) is 18.4 Å². The number of rotatable bonds is 5. The highest BCUT2D eigenvalue weighted by Gasteiger charge is 2.47. The van der Waals surface area contributed by atoms with Crippen molar-refractivity contribution in [2.45, 2.75) is 44.8 Å². The number of likely N-dealkylation sites (tertiary alicyclic amines) is 1. The zero-order valence-electron chi connectivity index (χ0n) is 16.1. The van der Waals surface area contributed by atoms with Gasteiger partial charge in [0.05, 0.1) is 18.8 Å². The molecule has 6 nitrogen and oxygen atoms in total. The lowest BCUT2D eigenvalue weighted by atomic mass is 9.91. The van der Waals surface area contributed by atoms with E-state index in [-0.39, 0.29) is 11.7 Å². The molecule has 0 aliphatic carbocycles. The zero-order valence-corrected chi connectivity index (χ0v) is 16.1. The van der Waals surface area contributed by atoms with Gasteiger partial charge in [0, 0.05) is 38.5 Å². The number of aromatic nitrogens is 1. The van der Waals surface area contributed by atoms with E-state index in [2.05, 4.69) is 29.1 Å². The van der Waals surface area contributed by atoms with Gasteiger partial charge in [-0.15, -0.1) is 0 Å². The van der Waals surface area contributed by atoms with Crippen LogP contribution in [0.15, 0.2) is 40.9 Å². The number of aryl methyl sites for hydroxylation is 1. The van der Waals surface area contributed by atoms with Crippen molar-refractivity contribution < 1.29 is 14.1 Å². The number of ether oxygens (including phenoxy) is 1. The van der Waals surface area contributed by atoms with Crippen LogP contribution in [0.5, 0.6) is 0 Å². The van der Waals surface area contributed by atoms with Crippen LogP contribution in [0.4, 0.5) is 4.79 Å². The van der Waals surface area contributed by atoms with Crippen molar-refractivity contribution in [3.8, 4) is 0 Å². The summed E-state index contributed by atoms with van der Waals surface area (Å²) >= 11 is 0. The Labute approximate surface area is 160 Å². The monoisotopic (exact) mass is 369 g/mol. The molecule has 2 aromatic rings. The SMILES string of the molecule is Cc1cc(CN2CCC3(CC2)CN(C[C@@H](C)c2ccccc2)C(=O)O3)on1. The normalized spacial score (nSPS) is 20.8. The zero-order chi connectivity index (χ0) is 18.9. The predicted molar refractivity (Wildman–Crippen MR) is 101 cm³/mol. The number of hydrogen-bond acceptors (Lipinski definition) is 5. The summed E-state index contributed by atoms with van der Waals surface area (Å²) in [5.41, 5.74) is 1.83. The molecule has 1 aromatic heterocycles. The third-order valence-electron chi connectivity index (χ3n) is 5.73. The van der Waals surface area contributed by atoms with E-state index in [1.807, 2.05) is 36.1 Å². The van der Waals surface area contributed by atoms with Crippen LogP contribution >= 0.6 is 0 Å². The van der Waals surface area contributed by atoms with E-state index < -0.39 is 0 Å². The van der Waals surface area contributed by atoms with Crippen LogP contribution < -0.4 is 0 Å². The van der Waals surface area contributed by atoms with Crippen molar-refractivity contribution in [1.29, 1.82) is 0 Å². The molecule has 1 spiro atoms. The molecule has 1 amide bonds. The Balaban J connectivity index is 1.32. The van der Waals surface area contributed by atoms with Crippen molar-refractivity contribution in [3.63, 3.8) is 0 Å². The van der Waals surface area contributed by atoms with Crippen molar-refractivity contribution in [2.24, 2.45) is 0 Å². The second-order valence-electron chi connectivity index (χ2n) is 7.95. The predicted octanol–water partition coefficient (Wildman–Crippen LogP) is 3.57. The van der Waals surface area contributed by atoms with E-state index >= 15 is 0 Å². The first-order valence-electron chi connectivity index (χ1n) is 9.70. The Kier molecular flexibility index (Phi) is 4.91. The summed E-state index contributed by atoms with van der Waals surface area (Å²) in [4.78, 5) is 16.7. The topological polar surface area (TPSA) is 58.8 Å². The van der Waals surface area contributed by atoms with E-state index in [4.69, 9.17) is 9.26 Å². The largest absolute Gasteiger partial charge is 0.441 e. The van der Waals surface area contributed by atoms with Crippen LogP contribution in [-0.2, 0) is 11.3 Å². The van der Waals surface area contributed by atoms with Crippen LogP contribution in [0, 0.1) is 6.92 Å². The molecule has 2 fully saturated rings. The average Bonchev–Trinajstić information content (AvgIpc) is 3.21. The Morgan fingerprint density at radius 1 is 1.22 bits per heavy atom. The lowest BCUT2D eigenvalue weighted by Gasteiger charge is -2.37. The summed E-state index contributed by atoms with van der Waals surface area (Å²) in [7, 11) is 0. The van der Waals surface area contributed by atoms with Gasteiger partial charge in [-0.3, -0.25) is 4.90 Å². The minimum Gasteiger partial charge on any atom is -0.441 e. The molecule has 1 aromatic carbocycles. The molecule has 0 bridgehead atoms. The van der Waals surface area contributed by atoms with Crippen LogP contribution in [0.25, 0.3) is 0 Å². The van der Waals surface area contributed by atoms with Crippen LogP contribution in [0.2, 0.25) is 0 Å². The molecule has 3 heterocycles. The Morgan fingerprint density at radius 2 is 1.96 bits per heavy atom. The Hall–Kier alpha value is -2.34. The minimum absolute atomic E-state index is 0.169. The number of carbonyl (C=O) groups is 1. The highest BCUT2D eigenvalue weighted by Crippen LogP contribution is 2.34. The third kappa shape index (κ3) is 4.00. The van der Waals surface area contributed by atoms with E-state index in [0.29, 0.717) is 19.0 Å². The first-order chi connectivity index (χ1) is 13.0. The van der Waals surface area contributed by atoms with Crippen molar-refractivity contribution in [1.82, 2.24) is 15.0 Å². The van der Waals surface area contributed by atoms with E-state index in [0.717, 1.165) is 43.9 Å². The van der Waals surface area contributed by atoms with Crippen molar-refractivity contribution in [3.05, 3.63) is 53.4 Å². The van der Waals surface area contributed by atoms with Gasteiger partial charge in [0.1, 0.15) is 5.60 Å². The molecule has 6 heteroatoms. The Bertz CT molecular complexity index is 781. The van der Waals surface area contributed by atoms with Gasteiger partial charge in [0.25, 0.3) is 0 Å². The molecular weight excluding hydrogens is 342 g/mol. The quantitative estimate of drug-likeness (QED) is 0.806. The summed E-state index contributed by atoms with van der Waals surface area (Å²) in [5.74, 6) is 1.19. The molecule has 0 saturated carbocycles. The van der Waals surface area contributed by atoms with Gasteiger partial charge in [0.15, 0.2) is 5.76 Å². The molecule has 4 rings (SSSR count). The summed E-state index contributed by atoms with van der Waals surface area (Å²) in [6, 6.07) is 12.3. The molecule has 1 atom stereocenters. The summed E-state index contributed by atoms with van der Waals surface area (Å²) in [5, 5.41) is 3.95. The van der Waals surface area contributed by atoms with Gasteiger partial charge < -0.3 is 14.2 Å². The number of amides is 1. The maximum atomic E-state index is 12.5. The maximum Gasteiger partial charge on any atom is 0.410 e. The molecular formula is C21H27N3O3. The standard InChI is InChI=1S/C21H27N3O3/c1-16(18-6-4-3-5-7-18)13-24-15-21(26-20(24)25)8-10-23(11-9-21)14-19-12-17(2)22-27-19/h3-7,12,16H,8-11,13-15H2,1-2H3/t16-/m1/s1. The van der Waals surface area contributed by atoms with Gasteiger partial charge in [-0.2, -0.15) is 0 Å². The number of piperidine rings is 1. The summed E-state index contributed by atoms with van der Waals surface area (Å²) < 4.78 is 11.2. The second kappa shape index (κ2) is 7.35. The van der Waals surface area contributed by atoms with Crippen molar-refractivity contribution >= 4 is 6.09 Å². The summed E-state index contributed by atoms with van der Waals surface area (Å²) in [6.45, 7) is 8.05. The number of nitrogens with zero attached hydrogens (tertiary/aromatic N) is 3. The van der Waals surface area contributed by atoms with Crippen molar-refractivity contribution in [2.75, 3.05) is 26.2 Å². The first-order valence-corrected chi connectivity index (χ1v) is 9.70. The van der Waals surface area contributed by atoms with Gasteiger partial charge in [-0.1, -0.05) is 42.4 Å². The fraction of sp³-hybridized carbons (Fsp3) is 0.524. The maximum absolute atomic E-state index is 12.5. The van der Waals surface area contributed by atoms with Gasteiger partial charge in [0.2, 0.25) is 0 Å². The Morgan fingerprint density at radius 3 is 2.63 bits per heavy atom. The number of hydrogen-bond donors (Lipinski definition) is 0. The lowest BCUT2D eigenvalue weighted by molar-refractivity contribution is -0.00296. The molecule has 27 heavy (non-hydrogen) atoms. The second-order valence-corrected chi connectivity index (χ2v) is 7.95. The average molecular weight is 369 g/mol. The van der Waals surface area contributed by atoms with Crippen LogP contribution in [-0.4, -0.2) is 52.8 Å². The fourth-order valence-corrected chi connectivity index (χ4v) is 4.14. The lowest BCUT2D eigenvalue weighted by Crippen LogP contribution is -2.46. The number of benzene rings is 1. The smallest absolute Gasteiger partial charge is 0.410 e. The molecule has 2 saturated heterocycles. The highest BCUT2D eigenvalue weighted by atomic mass is 16.6. The van der Waals surface area contributed by atoms with Gasteiger partial charge >= 0.3 is 6.09 Å². The van der Waals surface area contributed by atoms with Crippen LogP contribution in [0.1, 0.15) is 42.7 Å². The van der Waals surface area contributed by atoms with E-state index in [9.17, 15) is 4.79 Å². The first kappa shape index (κ1) is 18.0. The van der Waals surface area contributed by atoms with E-state index in [1.165, 1.54) is 5.56 Å². The molecule has 0 N–H and O–H groups in total. The summed E-state index contributed by atoms with van der Waals surface area (Å²) in [6.07, 6.45) is 1.56.